The van der Waals surface area contributed by atoms with Crippen LogP contribution in [0.2, 0.25) is 0 Å². The number of amides is 1. The second kappa shape index (κ2) is 5.31. The van der Waals surface area contributed by atoms with Gasteiger partial charge in [-0.1, -0.05) is 29.8 Å². The third-order valence-electron chi connectivity index (χ3n) is 3.21. The molecule has 1 atom stereocenters. The fraction of sp³-hybridized carbons (Fsp3) is 0.312. The van der Waals surface area contributed by atoms with Gasteiger partial charge in [0.25, 0.3) is 5.91 Å². The fourth-order valence-electron chi connectivity index (χ4n) is 2.07. The zero-order chi connectivity index (χ0) is 14.0. The highest BCUT2D eigenvalue weighted by Crippen LogP contribution is 2.17. The summed E-state index contributed by atoms with van der Waals surface area (Å²) in [5.74, 6) is 1.32. The van der Waals surface area contributed by atoms with Crippen molar-refractivity contribution in [2.75, 3.05) is 0 Å². The SMILES string of the molecule is Cc1ccc([C@H](C)NC(=O)c2cc(C)oc2C)cc1. The smallest absolute Gasteiger partial charge is 0.255 e. The molecule has 2 rings (SSSR count). The first-order valence-electron chi connectivity index (χ1n) is 6.42. The molecule has 0 bridgehead atoms. The Kier molecular flexibility index (Phi) is 3.74. The second-order valence-corrected chi connectivity index (χ2v) is 4.93. The molecule has 0 saturated carbocycles. The molecule has 0 aliphatic rings. The van der Waals surface area contributed by atoms with Crippen LogP contribution in [-0.4, -0.2) is 5.91 Å². The Morgan fingerprint density at radius 2 is 1.79 bits per heavy atom. The first kappa shape index (κ1) is 13.4. The van der Waals surface area contributed by atoms with Gasteiger partial charge in [-0.05, 0) is 39.3 Å². The number of carbonyl (C=O) groups is 1. The molecule has 0 fully saturated rings. The van der Waals surface area contributed by atoms with Crippen LogP contribution in [0, 0.1) is 20.8 Å². The number of aryl methyl sites for hydroxylation is 3. The van der Waals surface area contributed by atoms with E-state index in [0.717, 1.165) is 11.3 Å². The van der Waals surface area contributed by atoms with E-state index < -0.39 is 0 Å². The lowest BCUT2D eigenvalue weighted by Gasteiger charge is -2.14. The number of carbonyl (C=O) groups excluding carboxylic acids is 1. The van der Waals surface area contributed by atoms with Gasteiger partial charge in [-0.3, -0.25) is 4.79 Å². The van der Waals surface area contributed by atoms with Crippen molar-refractivity contribution in [2.45, 2.75) is 33.7 Å². The van der Waals surface area contributed by atoms with E-state index >= 15 is 0 Å². The zero-order valence-corrected chi connectivity index (χ0v) is 11.8. The molecule has 3 nitrogen and oxygen atoms in total. The number of hydrogen-bond acceptors (Lipinski definition) is 2. The van der Waals surface area contributed by atoms with Crippen molar-refractivity contribution in [3.05, 3.63) is 58.5 Å². The molecule has 2 aromatic rings. The third kappa shape index (κ3) is 3.05. The predicted molar refractivity (Wildman–Crippen MR) is 75.2 cm³/mol. The summed E-state index contributed by atoms with van der Waals surface area (Å²) in [5.41, 5.74) is 2.91. The van der Waals surface area contributed by atoms with Gasteiger partial charge in [0.1, 0.15) is 11.5 Å². The molecule has 0 aliphatic heterocycles. The first-order valence-corrected chi connectivity index (χ1v) is 6.42. The molecule has 1 aromatic carbocycles. The average molecular weight is 257 g/mol. The minimum Gasteiger partial charge on any atom is -0.466 e. The molecule has 1 N–H and O–H groups in total. The maximum absolute atomic E-state index is 12.2. The van der Waals surface area contributed by atoms with Crippen LogP contribution < -0.4 is 5.32 Å². The summed E-state index contributed by atoms with van der Waals surface area (Å²) < 4.78 is 5.38. The molecule has 19 heavy (non-hydrogen) atoms. The van der Waals surface area contributed by atoms with E-state index in [1.54, 1.807) is 13.0 Å². The normalized spacial score (nSPS) is 12.2. The topological polar surface area (TPSA) is 42.2 Å². The number of rotatable bonds is 3. The minimum absolute atomic E-state index is 0.0253. The van der Waals surface area contributed by atoms with Gasteiger partial charge in [0, 0.05) is 0 Å². The van der Waals surface area contributed by atoms with Crippen molar-refractivity contribution in [1.29, 1.82) is 0 Å². The van der Waals surface area contributed by atoms with Gasteiger partial charge in [-0.15, -0.1) is 0 Å². The van der Waals surface area contributed by atoms with Crippen LogP contribution in [0.5, 0.6) is 0 Å². The monoisotopic (exact) mass is 257 g/mol. The Labute approximate surface area is 113 Å². The number of benzene rings is 1. The number of nitrogens with one attached hydrogen (secondary N) is 1. The summed E-state index contributed by atoms with van der Waals surface area (Å²) in [5, 5.41) is 2.99. The van der Waals surface area contributed by atoms with E-state index in [2.05, 4.69) is 5.32 Å². The van der Waals surface area contributed by atoms with Crippen LogP contribution in [0.1, 0.15) is 46.0 Å². The summed E-state index contributed by atoms with van der Waals surface area (Å²) in [6.07, 6.45) is 0. The standard InChI is InChI=1S/C16H19NO2/c1-10-5-7-14(8-6-10)12(3)17-16(18)15-9-11(2)19-13(15)4/h5-9,12H,1-4H3,(H,17,18)/t12-/m0/s1. The Bertz CT molecular complexity index is 581. The average Bonchev–Trinajstić information content (AvgIpc) is 2.69. The minimum atomic E-state index is -0.0950. The number of furan rings is 1. The summed E-state index contributed by atoms with van der Waals surface area (Å²) in [4.78, 5) is 12.2. The molecular formula is C16H19NO2. The van der Waals surface area contributed by atoms with Crippen molar-refractivity contribution in [3.63, 3.8) is 0 Å². The lowest BCUT2D eigenvalue weighted by atomic mass is 10.1. The molecule has 3 heteroatoms. The van der Waals surface area contributed by atoms with Gasteiger partial charge < -0.3 is 9.73 Å². The van der Waals surface area contributed by atoms with Gasteiger partial charge in [0.05, 0.1) is 11.6 Å². The quantitative estimate of drug-likeness (QED) is 0.911. The number of hydrogen-bond donors (Lipinski definition) is 1. The van der Waals surface area contributed by atoms with Gasteiger partial charge in [0.15, 0.2) is 0 Å². The van der Waals surface area contributed by atoms with Crippen molar-refractivity contribution in [2.24, 2.45) is 0 Å². The van der Waals surface area contributed by atoms with Crippen LogP contribution in [0.3, 0.4) is 0 Å². The lowest BCUT2D eigenvalue weighted by Crippen LogP contribution is -2.26. The summed E-state index contributed by atoms with van der Waals surface area (Å²) in [7, 11) is 0. The second-order valence-electron chi connectivity index (χ2n) is 4.93. The Morgan fingerprint density at radius 1 is 1.16 bits per heavy atom. The van der Waals surface area contributed by atoms with Crippen LogP contribution in [0.4, 0.5) is 0 Å². The van der Waals surface area contributed by atoms with Crippen molar-refractivity contribution in [3.8, 4) is 0 Å². The molecular weight excluding hydrogens is 238 g/mol. The molecule has 0 radical (unpaired) electrons. The largest absolute Gasteiger partial charge is 0.466 e. The Hall–Kier alpha value is -2.03. The van der Waals surface area contributed by atoms with E-state index in [-0.39, 0.29) is 11.9 Å². The zero-order valence-electron chi connectivity index (χ0n) is 11.8. The maximum Gasteiger partial charge on any atom is 0.255 e. The van der Waals surface area contributed by atoms with Gasteiger partial charge in [0.2, 0.25) is 0 Å². The van der Waals surface area contributed by atoms with Crippen LogP contribution >= 0.6 is 0 Å². The van der Waals surface area contributed by atoms with Gasteiger partial charge in [-0.25, -0.2) is 0 Å². The fourth-order valence-corrected chi connectivity index (χ4v) is 2.07. The van der Waals surface area contributed by atoms with Crippen LogP contribution in [0.15, 0.2) is 34.7 Å². The Balaban J connectivity index is 2.10. The maximum atomic E-state index is 12.2. The molecule has 0 saturated heterocycles. The highest BCUT2D eigenvalue weighted by molar-refractivity contribution is 5.95. The van der Waals surface area contributed by atoms with Crippen molar-refractivity contribution < 1.29 is 9.21 Å². The molecule has 0 aliphatic carbocycles. The van der Waals surface area contributed by atoms with Crippen molar-refractivity contribution in [1.82, 2.24) is 5.32 Å². The molecule has 1 amide bonds. The van der Waals surface area contributed by atoms with Crippen LogP contribution in [0.25, 0.3) is 0 Å². The van der Waals surface area contributed by atoms with Gasteiger partial charge >= 0.3 is 0 Å². The van der Waals surface area contributed by atoms with Gasteiger partial charge in [-0.2, -0.15) is 0 Å². The van der Waals surface area contributed by atoms with E-state index in [1.165, 1.54) is 5.56 Å². The van der Waals surface area contributed by atoms with E-state index in [1.807, 2.05) is 45.0 Å². The molecule has 1 heterocycles. The molecule has 0 spiro atoms. The highest BCUT2D eigenvalue weighted by atomic mass is 16.3. The molecule has 100 valence electrons. The lowest BCUT2D eigenvalue weighted by molar-refractivity contribution is 0.0938. The summed E-state index contributed by atoms with van der Waals surface area (Å²) in [6, 6.07) is 9.91. The van der Waals surface area contributed by atoms with Crippen LogP contribution in [-0.2, 0) is 0 Å². The first-order chi connectivity index (χ1) is 8.97. The van der Waals surface area contributed by atoms with E-state index in [0.29, 0.717) is 11.3 Å². The van der Waals surface area contributed by atoms with Crippen molar-refractivity contribution >= 4 is 5.91 Å². The third-order valence-corrected chi connectivity index (χ3v) is 3.21. The molecule has 1 aromatic heterocycles. The Morgan fingerprint density at radius 3 is 2.32 bits per heavy atom. The van der Waals surface area contributed by atoms with E-state index in [4.69, 9.17) is 4.42 Å². The molecule has 0 unspecified atom stereocenters. The summed E-state index contributed by atoms with van der Waals surface area (Å²) in [6.45, 7) is 7.67. The summed E-state index contributed by atoms with van der Waals surface area (Å²) >= 11 is 0. The van der Waals surface area contributed by atoms with E-state index in [9.17, 15) is 4.79 Å². The highest BCUT2D eigenvalue weighted by Gasteiger charge is 2.16. The predicted octanol–water partition coefficient (Wildman–Crippen LogP) is 3.70.